The van der Waals surface area contributed by atoms with E-state index >= 15 is 0 Å². The van der Waals surface area contributed by atoms with Crippen molar-refractivity contribution in [1.29, 1.82) is 0 Å². The van der Waals surface area contributed by atoms with Gasteiger partial charge < -0.3 is 19.5 Å². The van der Waals surface area contributed by atoms with Gasteiger partial charge in [0.2, 0.25) is 0 Å². The minimum atomic E-state index is -0.471. The molecule has 7 nitrogen and oxygen atoms in total. The van der Waals surface area contributed by atoms with Crippen LogP contribution in [0.3, 0.4) is 0 Å². The molecule has 1 aliphatic carbocycles. The van der Waals surface area contributed by atoms with Gasteiger partial charge in [-0.2, -0.15) is 5.10 Å². The minimum absolute atomic E-state index is 0.343. The average molecular weight is 470 g/mol. The van der Waals surface area contributed by atoms with E-state index in [1.165, 1.54) is 19.3 Å². The largest absolute Gasteiger partial charge is 0.494 e. The molecule has 0 radical (unpaired) electrons. The van der Waals surface area contributed by atoms with E-state index in [4.69, 9.17) is 26.4 Å². The second kappa shape index (κ2) is 12.8. The average Bonchev–Trinajstić information content (AvgIpc) is 2.82. The normalized spacial score (nSPS) is 14.0. The van der Waals surface area contributed by atoms with Gasteiger partial charge in [-0.25, -0.2) is 4.79 Å². The summed E-state index contributed by atoms with van der Waals surface area (Å²) in [6.45, 7) is 4.78. The Labute approximate surface area is 200 Å². The van der Waals surface area contributed by atoms with Gasteiger partial charge in [-0.05, 0) is 86.9 Å². The summed E-state index contributed by atoms with van der Waals surface area (Å²) in [6.07, 6.45) is 7.69. The van der Waals surface area contributed by atoms with Crippen molar-refractivity contribution in [3.05, 3.63) is 53.6 Å². The van der Waals surface area contributed by atoms with Gasteiger partial charge in [-0.15, -0.1) is 0 Å². The predicted molar refractivity (Wildman–Crippen MR) is 134 cm³/mol. The highest BCUT2D eigenvalue weighted by molar-refractivity contribution is 7.80. The number of hydrogen-bond donors (Lipinski definition) is 2. The lowest BCUT2D eigenvalue weighted by Crippen LogP contribution is -2.40. The Morgan fingerprint density at radius 3 is 2.45 bits per heavy atom. The van der Waals surface area contributed by atoms with E-state index < -0.39 is 5.97 Å². The third-order valence-corrected chi connectivity index (χ3v) is 5.40. The van der Waals surface area contributed by atoms with Crippen molar-refractivity contribution in [1.82, 2.24) is 10.7 Å². The first-order valence-electron chi connectivity index (χ1n) is 11.4. The van der Waals surface area contributed by atoms with Gasteiger partial charge in [0.05, 0.1) is 25.0 Å². The summed E-state index contributed by atoms with van der Waals surface area (Å²) < 4.78 is 16.7. The predicted octanol–water partition coefficient (Wildman–Crippen LogP) is 4.83. The zero-order valence-electron chi connectivity index (χ0n) is 19.1. The Bertz CT molecular complexity index is 957. The van der Waals surface area contributed by atoms with E-state index in [1.807, 2.05) is 13.8 Å². The molecule has 0 saturated heterocycles. The topological polar surface area (TPSA) is 81.2 Å². The van der Waals surface area contributed by atoms with Gasteiger partial charge in [0.25, 0.3) is 0 Å². The molecular formula is C25H31N3O4S. The fraction of sp³-hybridized carbons (Fsp3) is 0.400. The molecule has 0 aromatic heterocycles. The summed E-state index contributed by atoms with van der Waals surface area (Å²) in [6, 6.07) is 12.5. The van der Waals surface area contributed by atoms with Crippen LogP contribution in [0.25, 0.3) is 0 Å². The number of esters is 1. The molecule has 0 atom stereocenters. The second-order valence-electron chi connectivity index (χ2n) is 7.66. The van der Waals surface area contributed by atoms with Crippen molar-refractivity contribution in [2.24, 2.45) is 5.10 Å². The number of thiocarbonyl (C=S) groups is 1. The van der Waals surface area contributed by atoms with Crippen LogP contribution in [0.2, 0.25) is 0 Å². The molecule has 8 heteroatoms. The molecule has 2 aromatic rings. The summed E-state index contributed by atoms with van der Waals surface area (Å²) in [5.41, 5.74) is 4.08. The maximum atomic E-state index is 12.6. The molecule has 0 heterocycles. The fourth-order valence-corrected chi connectivity index (χ4v) is 3.82. The van der Waals surface area contributed by atoms with Gasteiger partial charge in [-0.3, -0.25) is 5.43 Å². The van der Waals surface area contributed by atoms with Crippen molar-refractivity contribution in [2.75, 3.05) is 13.2 Å². The molecule has 33 heavy (non-hydrogen) atoms. The second-order valence-corrected chi connectivity index (χ2v) is 8.07. The van der Waals surface area contributed by atoms with Crippen LogP contribution < -0.4 is 25.0 Å². The van der Waals surface area contributed by atoms with Crippen LogP contribution in [-0.4, -0.2) is 36.6 Å². The quantitative estimate of drug-likeness (QED) is 0.179. The Morgan fingerprint density at radius 2 is 1.76 bits per heavy atom. The zero-order valence-corrected chi connectivity index (χ0v) is 20.0. The Hall–Kier alpha value is -3.13. The van der Waals surface area contributed by atoms with Crippen molar-refractivity contribution in [2.45, 2.75) is 52.0 Å². The number of rotatable bonds is 9. The van der Waals surface area contributed by atoms with Crippen molar-refractivity contribution in [3.8, 4) is 17.2 Å². The Balaban J connectivity index is 1.60. The number of carbonyl (C=O) groups excluding carboxylic acids is 1. The lowest BCUT2D eigenvalue weighted by molar-refractivity contribution is 0.0728. The Morgan fingerprint density at radius 1 is 1.03 bits per heavy atom. The van der Waals surface area contributed by atoms with E-state index in [1.54, 1.807) is 48.7 Å². The number of carbonyl (C=O) groups is 1. The number of ether oxygens (including phenoxy) is 3. The summed E-state index contributed by atoms with van der Waals surface area (Å²) in [4.78, 5) is 12.6. The van der Waals surface area contributed by atoms with Gasteiger partial charge >= 0.3 is 5.97 Å². The minimum Gasteiger partial charge on any atom is -0.494 e. The van der Waals surface area contributed by atoms with E-state index in [9.17, 15) is 4.79 Å². The molecule has 2 aromatic carbocycles. The zero-order chi connectivity index (χ0) is 23.5. The standard InChI is InChI=1S/C25H31N3O4S/c1-3-30-21-13-11-19(12-14-21)24(29)32-22-15-10-18(16-23(22)31-4-2)17-26-28-25(33)27-20-8-6-5-7-9-20/h10-17,20H,3-9H2,1-2H3,(H2,27,28,33). The Kier molecular flexibility index (Phi) is 9.50. The van der Waals surface area contributed by atoms with Crippen molar-refractivity contribution < 1.29 is 19.0 Å². The summed E-state index contributed by atoms with van der Waals surface area (Å²) in [5.74, 6) is 1.04. The fourth-order valence-electron chi connectivity index (χ4n) is 3.60. The molecule has 0 amide bonds. The first kappa shape index (κ1) is 24.5. The molecule has 3 rings (SSSR count). The molecule has 1 aliphatic rings. The molecule has 2 N–H and O–H groups in total. The van der Waals surface area contributed by atoms with E-state index in [-0.39, 0.29) is 0 Å². The van der Waals surface area contributed by atoms with Gasteiger partial charge in [0.1, 0.15) is 5.75 Å². The molecule has 1 saturated carbocycles. The highest BCUT2D eigenvalue weighted by atomic mass is 32.1. The number of benzene rings is 2. The van der Waals surface area contributed by atoms with Crippen LogP contribution in [0.15, 0.2) is 47.6 Å². The molecular weight excluding hydrogens is 438 g/mol. The SMILES string of the molecule is CCOc1ccc(C(=O)Oc2ccc(C=NNC(=S)NC3CCCCC3)cc2OCC)cc1. The molecule has 176 valence electrons. The van der Waals surface area contributed by atoms with Crippen LogP contribution in [0, 0.1) is 0 Å². The molecule has 0 bridgehead atoms. The van der Waals surface area contributed by atoms with Crippen LogP contribution in [0.5, 0.6) is 17.2 Å². The van der Waals surface area contributed by atoms with Crippen molar-refractivity contribution in [3.63, 3.8) is 0 Å². The summed E-state index contributed by atoms with van der Waals surface area (Å²) in [5, 5.41) is 8.04. The van der Waals surface area contributed by atoms with Gasteiger partial charge in [0.15, 0.2) is 16.6 Å². The van der Waals surface area contributed by atoms with Crippen LogP contribution >= 0.6 is 12.2 Å². The number of nitrogens with one attached hydrogen (secondary N) is 2. The smallest absolute Gasteiger partial charge is 0.343 e. The first-order chi connectivity index (χ1) is 16.1. The number of nitrogens with zero attached hydrogens (tertiary/aromatic N) is 1. The maximum Gasteiger partial charge on any atom is 0.343 e. The lowest BCUT2D eigenvalue weighted by Gasteiger charge is -2.23. The third-order valence-electron chi connectivity index (χ3n) is 5.19. The molecule has 0 spiro atoms. The van der Waals surface area contributed by atoms with Gasteiger partial charge in [0, 0.05) is 6.04 Å². The number of hydrazone groups is 1. The van der Waals surface area contributed by atoms with E-state index in [0.29, 0.717) is 47.2 Å². The van der Waals surface area contributed by atoms with Crippen LogP contribution in [0.4, 0.5) is 0 Å². The van der Waals surface area contributed by atoms with Crippen molar-refractivity contribution >= 4 is 29.5 Å². The molecule has 1 fully saturated rings. The molecule has 0 aliphatic heterocycles. The third kappa shape index (κ3) is 7.75. The monoisotopic (exact) mass is 469 g/mol. The van der Waals surface area contributed by atoms with E-state index in [2.05, 4.69) is 15.8 Å². The summed E-state index contributed by atoms with van der Waals surface area (Å²) >= 11 is 5.33. The summed E-state index contributed by atoms with van der Waals surface area (Å²) in [7, 11) is 0. The van der Waals surface area contributed by atoms with E-state index in [0.717, 1.165) is 18.4 Å². The first-order valence-corrected chi connectivity index (χ1v) is 11.8. The molecule has 0 unspecified atom stereocenters. The van der Waals surface area contributed by atoms with Crippen LogP contribution in [-0.2, 0) is 0 Å². The van der Waals surface area contributed by atoms with Crippen LogP contribution in [0.1, 0.15) is 61.9 Å². The highest BCUT2D eigenvalue weighted by Crippen LogP contribution is 2.29. The highest BCUT2D eigenvalue weighted by Gasteiger charge is 2.15. The lowest BCUT2D eigenvalue weighted by atomic mass is 9.96. The maximum absolute atomic E-state index is 12.6. The van der Waals surface area contributed by atoms with Gasteiger partial charge in [-0.1, -0.05) is 19.3 Å². The number of hydrogen-bond acceptors (Lipinski definition) is 6.